The Bertz CT molecular complexity index is 318. The first-order valence-corrected chi connectivity index (χ1v) is 5.44. The molecule has 0 aliphatic rings. The molecule has 0 bridgehead atoms. The number of carbonyl (C=O) groups is 1. The van der Waals surface area contributed by atoms with Crippen molar-refractivity contribution in [3.05, 3.63) is 20.2 Å². The van der Waals surface area contributed by atoms with Crippen molar-refractivity contribution in [1.29, 1.82) is 0 Å². The van der Waals surface area contributed by atoms with Crippen molar-refractivity contribution in [2.45, 2.75) is 51.6 Å². The first-order chi connectivity index (χ1) is 7.99. The van der Waals surface area contributed by atoms with Gasteiger partial charge in [0.15, 0.2) is 6.61 Å². The molecule has 0 saturated heterocycles. The summed E-state index contributed by atoms with van der Waals surface area (Å²) in [5, 5.41) is 21.2. The first-order valence-electron chi connectivity index (χ1n) is 5.44. The first kappa shape index (κ1) is 16.3. The van der Waals surface area contributed by atoms with Gasteiger partial charge >= 0.3 is 5.97 Å². The number of nitrogens with zero attached hydrogens (tertiary/aromatic N) is 2. The summed E-state index contributed by atoms with van der Waals surface area (Å²) in [5.41, 5.74) is -2.56. The van der Waals surface area contributed by atoms with Crippen LogP contribution in [0.2, 0.25) is 0 Å². The Kier molecular flexibility index (Phi) is 5.19. The summed E-state index contributed by atoms with van der Waals surface area (Å²) >= 11 is 0. The van der Waals surface area contributed by atoms with Gasteiger partial charge in [0, 0.05) is 44.0 Å². The van der Waals surface area contributed by atoms with Crippen LogP contribution in [0.25, 0.3) is 0 Å². The van der Waals surface area contributed by atoms with Crippen molar-refractivity contribution in [3.8, 4) is 0 Å². The van der Waals surface area contributed by atoms with Crippen LogP contribution < -0.4 is 0 Å². The van der Waals surface area contributed by atoms with Crippen molar-refractivity contribution in [1.82, 2.24) is 0 Å². The third kappa shape index (κ3) is 5.07. The molecule has 18 heavy (non-hydrogen) atoms. The molecule has 0 aliphatic heterocycles. The third-order valence-electron chi connectivity index (χ3n) is 2.52. The Morgan fingerprint density at radius 2 is 1.50 bits per heavy atom. The molecule has 0 rings (SSSR count). The number of hydrogen-bond donors (Lipinski definition) is 0. The Hall–Kier alpha value is -1.73. The molecule has 0 aromatic heterocycles. The fourth-order valence-electron chi connectivity index (χ4n) is 0.881. The minimum atomic E-state index is -1.35. The molecule has 0 aromatic rings. The Morgan fingerprint density at radius 1 is 1.06 bits per heavy atom. The highest BCUT2D eigenvalue weighted by Gasteiger charge is 2.34. The largest absolute Gasteiger partial charge is 0.458 e. The van der Waals surface area contributed by atoms with E-state index >= 15 is 0 Å². The van der Waals surface area contributed by atoms with Crippen LogP contribution in [0.4, 0.5) is 0 Å². The van der Waals surface area contributed by atoms with Crippen LogP contribution in [0.5, 0.6) is 0 Å². The van der Waals surface area contributed by atoms with Gasteiger partial charge in [-0.05, 0) is 0 Å². The van der Waals surface area contributed by atoms with E-state index < -0.39 is 26.9 Å². The lowest BCUT2D eigenvalue weighted by Gasteiger charge is -2.17. The number of carbonyl (C=O) groups excluding carboxylic acids is 1. The van der Waals surface area contributed by atoms with E-state index in [9.17, 15) is 25.0 Å². The molecule has 8 nitrogen and oxygen atoms in total. The molecule has 0 atom stereocenters. The standard InChI is InChI=1S/C10H18N2O6/c1-9(2,11(14)15)6-5-8(13)18-7-10(3,4)12(16)17/h5-7H2,1-4H3. The summed E-state index contributed by atoms with van der Waals surface area (Å²) < 4.78 is 4.74. The fourth-order valence-corrected chi connectivity index (χ4v) is 0.881. The summed E-state index contributed by atoms with van der Waals surface area (Å²) in [4.78, 5) is 31.5. The van der Waals surface area contributed by atoms with E-state index in [2.05, 4.69) is 0 Å². The minimum absolute atomic E-state index is 0.0255. The zero-order chi connectivity index (χ0) is 14.6. The highest BCUT2D eigenvalue weighted by atomic mass is 16.6. The van der Waals surface area contributed by atoms with Gasteiger partial charge in [-0.2, -0.15) is 0 Å². The van der Waals surface area contributed by atoms with Crippen LogP contribution >= 0.6 is 0 Å². The predicted molar refractivity (Wildman–Crippen MR) is 62.3 cm³/mol. The lowest BCUT2D eigenvalue weighted by molar-refractivity contribution is -0.563. The molecule has 0 amide bonds. The second-order valence-electron chi connectivity index (χ2n) is 5.30. The molecule has 0 aliphatic carbocycles. The summed E-state index contributed by atoms with van der Waals surface area (Å²) in [6.45, 7) is 5.13. The summed E-state index contributed by atoms with van der Waals surface area (Å²) in [6.07, 6.45) is -0.112. The molecular weight excluding hydrogens is 244 g/mol. The van der Waals surface area contributed by atoms with Crippen LogP contribution in [0.1, 0.15) is 40.5 Å². The van der Waals surface area contributed by atoms with Crippen LogP contribution in [-0.2, 0) is 9.53 Å². The summed E-state index contributed by atoms with van der Waals surface area (Å²) in [7, 11) is 0. The second-order valence-corrected chi connectivity index (χ2v) is 5.30. The van der Waals surface area contributed by atoms with Crippen molar-refractivity contribution in [2.24, 2.45) is 0 Å². The monoisotopic (exact) mass is 262 g/mol. The van der Waals surface area contributed by atoms with Crippen molar-refractivity contribution in [2.75, 3.05) is 6.61 Å². The number of rotatable bonds is 7. The van der Waals surface area contributed by atoms with Gasteiger partial charge in [-0.25, -0.2) is 0 Å². The maximum Gasteiger partial charge on any atom is 0.306 e. The number of nitro groups is 2. The van der Waals surface area contributed by atoms with Gasteiger partial charge in [0.1, 0.15) is 0 Å². The van der Waals surface area contributed by atoms with Crippen LogP contribution in [0, 0.1) is 20.2 Å². The highest BCUT2D eigenvalue weighted by Crippen LogP contribution is 2.16. The molecule has 0 N–H and O–H groups in total. The topological polar surface area (TPSA) is 113 Å². The van der Waals surface area contributed by atoms with Gasteiger partial charge in [0.05, 0.1) is 6.42 Å². The number of hydrogen-bond acceptors (Lipinski definition) is 6. The number of esters is 1. The summed E-state index contributed by atoms with van der Waals surface area (Å²) in [6, 6.07) is 0. The second kappa shape index (κ2) is 5.74. The average Bonchev–Trinajstić information content (AvgIpc) is 2.23. The molecule has 8 heteroatoms. The maximum absolute atomic E-state index is 11.3. The smallest absolute Gasteiger partial charge is 0.306 e. The van der Waals surface area contributed by atoms with E-state index in [0.717, 1.165) is 0 Å². The predicted octanol–water partition coefficient (Wildman–Crippen LogP) is 1.42. The SMILES string of the molecule is CC(C)(CCC(=O)OCC(C)(C)[N+](=O)[O-])[N+](=O)[O-]. The summed E-state index contributed by atoms with van der Waals surface area (Å²) in [5.74, 6) is -0.667. The van der Waals surface area contributed by atoms with E-state index in [1.165, 1.54) is 27.7 Å². The maximum atomic E-state index is 11.3. The zero-order valence-corrected chi connectivity index (χ0v) is 11.0. The Labute approximate surface area is 105 Å². The van der Waals surface area contributed by atoms with Gasteiger partial charge in [0.2, 0.25) is 11.1 Å². The highest BCUT2D eigenvalue weighted by molar-refractivity contribution is 5.69. The molecule has 0 heterocycles. The molecule has 0 radical (unpaired) electrons. The average molecular weight is 262 g/mol. The lowest BCUT2D eigenvalue weighted by atomic mass is 10.00. The van der Waals surface area contributed by atoms with Crippen molar-refractivity contribution < 1.29 is 19.4 Å². The zero-order valence-electron chi connectivity index (χ0n) is 11.0. The molecular formula is C10H18N2O6. The van der Waals surface area contributed by atoms with Gasteiger partial charge in [-0.15, -0.1) is 0 Å². The van der Waals surface area contributed by atoms with E-state index in [0.29, 0.717) is 0 Å². The van der Waals surface area contributed by atoms with Crippen molar-refractivity contribution >= 4 is 5.97 Å². The van der Waals surface area contributed by atoms with E-state index in [4.69, 9.17) is 4.74 Å². The van der Waals surface area contributed by atoms with Gasteiger partial charge < -0.3 is 4.74 Å². The van der Waals surface area contributed by atoms with E-state index in [-0.39, 0.29) is 19.4 Å². The van der Waals surface area contributed by atoms with Crippen molar-refractivity contribution in [3.63, 3.8) is 0 Å². The number of ether oxygens (including phenoxy) is 1. The van der Waals surface area contributed by atoms with Crippen LogP contribution in [0.15, 0.2) is 0 Å². The quantitative estimate of drug-likeness (QED) is 0.389. The van der Waals surface area contributed by atoms with E-state index in [1.54, 1.807) is 0 Å². The minimum Gasteiger partial charge on any atom is -0.458 e. The molecule has 0 spiro atoms. The normalized spacial score (nSPS) is 12.0. The molecule has 104 valence electrons. The molecule has 0 fully saturated rings. The Balaban J connectivity index is 4.16. The van der Waals surface area contributed by atoms with Gasteiger partial charge in [-0.3, -0.25) is 25.0 Å². The lowest BCUT2D eigenvalue weighted by Crippen LogP contribution is -2.37. The Morgan fingerprint density at radius 3 is 1.89 bits per heavy atom. The molecule has 0 aromatic carbocycles. The van der Waals surface area contributed by atoms with Crippen LogP contribution in [0.3, 0.4) is 0 Å². The van der Waals surface area contributed by atoms with Gasteiger partial charge in [0.25, 0.3) is 0 Å². The third-order valence-corrected chi connectivity index (χ3v) is 2.52. The fraction of sp³-hybridized carbons (Fsp3) is 0.900. The van der Waals surface area contributed by atoms with Gasteiger partial charge in [-0.1, -0.05) is 0 Å². The molecule has 0 saturated carbocycles. The van der Waals surface area contributed by atoms with E-state index in [1.807, 2.05) is 0 Å². The van der Waals surface area contributed by atoms with Crippen LogP contribution in [-0.4, -0.2) is 33.5 Å². The molecule has 0 unspecified atom stereocenters.